The van der Waals surface area contributed by atoms with Gasteiger partial charge in [-0.15, -0.1) is 0 Å². The van der Waals surface area contributed by atoms with E-state index in [0.717, 1.165) is 0 Å². The van der Waals surface area contributed by atoms with Crippen LogP contribution < -0.4 is 16.6 Å². The van der Waals surface area contributed by atoms with Gasteiger partial charge in [0.2, 0.25) is 0 Å². The Labute approximate surface area is 103 Å². The zero-order valence-corrected chi connectivity index (χ0v) is 9.63. The topological polar surface area (TPSA) is 162 Å². The summed E-state index contributed by atoms with van der Waals surface area (Å²) in [5, 5.41) is 26.0. The average Bonchev–Trinajstić information content (AvgIpc) is 2.26. The second-order valence-corrected chi connectivity index (χ2v) is 3.60. The second kappa shape index (κ2) is 8.39. The minimum absolute atomic E-state index is 0.207. The van der Waals surface area contributed by atoms with Crippen LogP contribution in [-0.4, -0.2) is 51.9 Å². The molecular formula is C9H17N3O6. The maximum atomic E-state index is 10.8. The van der Waals surface area contributed by atoms with E-state index in [-0.39, 0.29) is 6.42 Å². The molecule has 0 spiro atoms. The smallest absolute Gasteiger partial charge is 0.322 e. The fourth-order valence-electron chi connectivity index (χ4n) is 1.16. The number of hydrogen-bond acceptors (Lipinski definition) is 6. The van der Waals surface area contributed by atoms with Crippen LogP contribution in [0.1, 0.15) is 19.3 Å². The van der Waals surface area contributed by atoms with Crippen molar-refractivity contribution in [1.82, 2.24) is 10.9 Å². The normalized spacial score (nSPS) is 13.8. The van der Waals surface area contributed by atoms with Crippen molar-refractivity contribution in [2.24, 2.45) is 5.73 Å². The maximum Gasteiger partial charge on any atom is 0.322 e. The molecule has 0 aliphatic carbocycles. The average molecular weight is 263 g/mol. The Morgan fingerprint density at radius 3 is 1.89 bits per heavy atom. The zero-order valence-electron chi connectivity index (χ0n) is 9.63. The molecule has 9 nitrogen and oxygen atoms in total. The molecule has 0 aromatic carbocycles. The molecular weight excluding hydrogens is 246 g/mol. The standard InChI is InChI=1S/C9H17N3O6/c10-3-1-2-5(8(15)16)11-12-6(9(17)18)4-7(13)14/h5-6,11-12H,1-4,10H2,(H,13,14)(H,15,16)(H,17,18)/t5-,6+/m1/s1. The molecule has 0 aromatic heterocycles. The molecule has 0 heterocycles. The third-order valence-corrected chi connectivity index (χ3v) is 2.10. The first-order valence-electron chi connectivity index (χ1n) is 5.27. The van der Waals surface area contributed by atoms with Gasteiger partial charge in [0.05, 0.1) is 6.42 Å². The summed E-state index contributed by atoms with van der Waals surface area (Å²) in [5.41, 5.74) is 9.71. The van der Waals surface area contributed by atoms with E-state index in [1.807, 2.05) is 0 Å². The zero-order chi connectivity index (χ0) is 14.1. The summed E-state index contributed by atoms with van der Waals surface area (Å²) in [6.07, 6.45) is -0.00782. The lowest BCUT2D eigenvalue weighted by atomic mass is 10.1. The SMILES string of the molecule is NCCC[C@@H](NN[C@@H](CC(=O)O)C(=O)O)C(=O)O. The molecule has 2 atom stereocenters. The van der Waals surface area contributed by atoms with E-state index in [1.165, 1.54) is 0 Å². The Morgan fingerprint density at radius 2 is 1.50 bits per heavy atom. The van der Waals surface area contributed by atoms with Gasteiger partial charge < -0.3 is 21.1 Å². The van der Waals surface area contributed by atoms with Crippen LogP contribution in [-0.2, 0) is 14.4 Å². The van der Waals surface area contributed by atoms with Crippen LogP contribution in [0.25, 0.3) is 0 Å². The third kappa shape index (κ3) is 6.78. The fraction of sp³-hybridized carbons (Fsp3) is 0.667. The fourth-order valence-corrected chi connectivity index (χ4v) is 1.16. The van der Waals surface area contributed by atoms with Crippen molar-refractivity contribution in [3.63, 3.8) is 0 Å². The minimum atomic E-state index is -1.40. The first-order valence-corrected chi connectivity index (χ1v) is 5.27. The van der Waals surface area contributed by atoms with Gasteiger partial charge in [0.25, 0.3) is 0 Å². The van der Waals surface area contributed by atoms with E-state index in [1.54, 1.807) is 0 Å². The van der Waals surface area contributed by atoms with Crippen LogP contribution >= 0.6 is 0 Å². The summed E-state index contributed by atoms with van der Waals surface area (Å²) in [6.45, 7) is 0.308. The number of nitrogens with two attached hydrogens (primary N) is 1. The first-order chi connectivity index (χ1) is 8.38. The maximum absolute atomic E-state index is 10.8. The van der Waals surface area contributed by atoms with Gasteiger partial charge in [-0.1, -0.05) is 0 Å². The molecule has 18 heavy (non-hydrogen) atoms. The summed E-state index contributed by atoms with van der Waals surface area (Å²) in [4.78, 5) is 31.9. The Morgan fingerprint density at radius 1 is 1.00 bits per heavy atom. The monoisotopic (exact) mass is 263 g/mol. The highest BCUT2D eigenvalue weighted by Crippen LogP contribution is 1.97. The third-order valence-electron chi connectivity index (χ3n) is 2.10. The van der Waals surface area contributed by atoms with Crippen molar-refractivity contribution in [3.8, 4) is 0 Å². The summed E-state index contributed by atoms with van der Waals surface area (Å²) >= 11 is 0. The van der Waals surface area contributed by atoms with Crippen molar-refractivity contribution in [2.45, 2.75) is 31.3 Å². The summed E-state index contributed by atoms with van der Waals surface area (Å²) in [7, 11) is 0. The predicted molar refractivity (Wildman–Crippen MR) is 59.7 cm³/mol. The number of hydrogen-bond donors (Lipinski definition) is 6. The molecule has 0 unspecified atom stereocenters. The Hall–Kier alpha value is -1.71. The van der Waals surface area contributed by atoms with Crippen LogP contribution in [0.3, 0.4) is 0 Å². The van der Waals surface area contributed by atoms with Gasteiger partial charge in [-0.05, 0) is 19.4 Å². The van der Waals surface area contributed by atoms with Gasteiger partial charge >= 0.3 is 17.9 Å². The van der Waals surface area contributed by atoms with Gasteiger partial charge in [-0.25, -0.2) is 10.9 Å². The van der Waals surface area contributed by atoms with Crippen molar-refractivity contribution >= 4 is 17.9 Å². The van der Waals surface area contributed by atoms with E-state index in [2.05, 4.69) is 10.9 Å². The van der Waals surface area contributed by atoms with E-state index < -0.39 is 36.4 Å². The van der Waals surface area contributed by atoms with Crippen LogP contribution in [0.5, 0.6) is 0 Å². The van der Waals surface area contributed by atoms with E-state index in [0.29, 0.717) is 13.0 Å². The molecule has 7 N–H and O–H groups in total. The number of rotatable bonds is 10. The molecule has 0 saturated heterocycles. The lowest BCUT2D eigenvalue weighted by molar-refractivity contribution is -0.147. The van der Waals surface area contributed by atoms with Gasteiger partial charge in [0.15, 0.2) is 0 Å². The lowest BCUT2D eigenvalue weighted by Crippen LogP contribution is -2.53. The molecule has 0 saturated carbocycles. The van der Waals surface area contributed by atoms with Crippen LogP contribution in [0.15, 0.2) is 0 Å². The Bertz CT molecular complexity index is 309. The molecule has 0 aliphatic rings. The highest BCUT2D eigenvalue weighted by Gasteiger charge is 2.23. The van der Waals surface area contributed by atoms with E-state index in [4.69, 9.17) is 21.1 Å². The van der Waals surface area contributed by atoms with Crippen LogP contribution in [0.4, 0.5) is 0 Å². The molecule has 0 bridgehead atoms. The first kappa shape index (κ1) is 16.3. The highest BCUT2D eigenvalue weighted by molar-refractivity contribution is 5.80. The molecule has 9 heteroatoms. The number of carboxylic acid groups (broad SMARTS) is 3. The number of nitrogens with one attached hydrogen (secondary N) is 2. The number of aliphatic carboxylic acids is 3. The van der Waals surface area contributed by atoms with Gasteiger partial charge in [-0.3, -0.25) is 14.4 Å². The van der Waals surface area contributed by atoms with Gasteiger partial charge in [0.1, 0.15) is 12.1 Å². The number of carbonyl (C=O) groups is 3. The van der Waals surface area contributed by atoms with Crippen molar-refractivity contribution < 1.29 is 29.7 Å². The van der Waals surface area contributed by atoms with Crippen LogP contribution in [0, 0.1) is 0 Å². The molecule has 0 amide bonds. The predicted octanol–water partition coefficient (Wildman–Crippen LogP) is -1.80. The summed E-state index contributed by atoms with van der Waals surface area (Å²) < 4.78 is 0. The van der Waals surface area contributed by atoms with E-state index >= 15 is 0 Å². The van der Waals surface area contributed by atoms with Gasteiger partial charge in [0, 0.05) is 0 Å². The van der Waals surface area contributed by atoms with Crippen molar-refractivity contribution in [2.75, 3.05) is 6.54 Å². The molecule has 0 fully saturated rings. The molecule has 0 radical (unpaired) electrons. The van der Waals surface area contributed by atoms with Gasteiger partial charge in [-0.2, -0.15) is 0 Å². The van der Waals surface area contributed by atoms with Crippen LogP contribution in [0.2, 0.25) is 0 Å². The van der Waals surface area contributed by atoms with E-state index in [9.17, 15) is 14.4 Å². The quantitative estimate of drug-likeness (QED) is 0.250. The lowest BCUT2D eigenvalue weighted by Gasteiger charge is -2.18. The minimum Gasteiger partial charge on any atom is -0.481 e. The second-order valence-electron chi connectivity index (χ2n) is 3.60. The Balaban J connectivity index is 4.31. The number of hydrazine groups is 1. The van der Waals surface area contributed by atoms with Crippen molar-refractivity contribution in [3.05, 3.63) is 0 Å². The molecule has 0 aromatic rings. The number of carboxylic acids is 3. The molecule has 0 rings (SSSR count). The summed E-state index contributed by atoms with van der Waals surface area (Å²) in [6, 6.07) is -2.42. The summed E-state index contributed by atoms with van der Waals surface area (Å²) in [5.74, 6) is -3.85. The molecule has 0 aliphatic heterocycles. The van der Waals surface area contributed by atoms with Crippen molar-refractivity contribution in [1.29, 1.82) is 0 Å². The largest absolute Gasteiger partial charge is 0.481 e. The highest BCUT2D eigenvalue weighted by atomic mass is 16.4. The molecule has 104 valence electrons. The Kier molecular flexibility index (Phi) is 7.59.